The summed E-state index contributed by atoms with van der Waals surface area (Å²) in [5, 5.41) is 8.77. The molecule has 4 aliphatic carbocycles. The zero-order valence-corrected chi connectivity index (χ0v) is 17.6. The molecule has 158 valence electrons. The number of urea groups is 1. The predicted molar refractivity (Wildman–Crippen MR) is 106 cm³/mol. The van der Waals surface area contributed by atoms with Gasteiger partial charge in [0.15, 0.2) is 6.10 Å². The molecule has 0 spiro atoms. The Hall–Kier alpha value is -1.79. The van der Waals surface area contributed by atoms with Crippen LogP contribution in [0, 0.1) is 17.8 Å². The second-order valence-corrected chi connectivity index (χ2v) is 10.2. The van der Waals surface area contributed by atoms with E-state index < -0.39 is 12.1 Å². The summed E-state index contributed by atoms with van der Waals surface area (Å²) in [5.41, 5.74) is -0.423. The maximum atomic E-state index is 12.4. The topological polar surface area (TPSA) is 96.5 Å². The zero-order chi connectivity index (χ0) is 20.5. The molecule has 0 aliphatic heterocycles. The average molecular weight is 394 g/mol. The summed E-state index contributed by atoms with van der Waals surface area (Å²) in [7, 11) is 0. The van der Waals surface area contributed by atoms with Crippen LogP contribution in [0.25, 0.3) is 0 Å². The van der Waals surface area contributed by atoms with Gasteiger partial charge in [-0.3, -0.25) is 9.59 Å². The van der Waals surface area contributed by atoms with Crippen LogP contribution in [0.5, 0.6) is 0 Å². The van der Waals surface area contributed by atoms with Crippen molar-refractivity contribution in [1.82, 2.24) is 16.0 Å². The molecule has 0 heterocycles. The molecule has 0 aromatic heterocycles. The van der Waals surface area contributed by atoms with Crippen molar-refractivity contribution >= 4 is 17.9 Å². The minimum atomic E-state index is -0.854. The second-order valence-electron chi connectivity index (χ2n) is 10.2. The third kappa shape index (κ3) is 5.39. The molecule has 4 fully saturated rings. The summed E-state index contributed by atoms with van der Waals surface area (Å²) in [5.74, 6) is 1.48. The third-order valence-corrected chi connectivity index (χ3v) is 6.21. The van der Waals surface area contributed by atoms with Gasteiger partial charge < -0.3 is 20.7 Å². The summed E-state index contributed by atoms with van der Waals surface area (Å²) >= 11 is 0. The Morgan fingerprint density at radius 1 is 1.04 bits per heavy atom. The van der Waals surface area contributed by atoms with E-state index in [1.165, 1.54) is 19.3 Å². The van der Waals surface area contributed by atoms with Crippen molar-refractivity contribution in [3.8, 4) is 0 Å². The van der Waals surface area contributed by atoms with Gasteiger partial charge in [-0.15, -0.1) is 0 Å². The highest BCUT2D eigenvalue weighted by atomic mass is 16.5. The molecule has 0 saturated heterocycles. The first-order valence-corrected chi connectivity index (χ1v) is 10.6. The minimum absolute atomic E-state index is 0.0428. The SMILES string of the molecule is CC(OC(=O)CCNC(=O)NC12CC3CC(CC(C3)C1)C2)C(=O)NC(C)(C)C. The second kappa shape index (κ2) is 7.91. The minimum Gasteiger partial charge on any atom is -0.452 e. The van der Waals surface area contributed by atoms with E-state index in [2.05, 4.69) is 16.0 Å². The van der Waals surface area contributed by atoms with Gasteiger partial charge >= 0.3 is 12.0 Å². The molecule has 0 aromatic rings. The lowest BCUT2D eigenvalue weighted by molar-refractivity contribution is -0.155. The number of esters is 1. The molecule has 7 nitrogen and oxygen atoms in total. The van der Waals surface area contributed by atoms with Gasteiger partial charge in [0, 0.05) is 17.6 Å². The van der Waals surface area contributed by atoms with Gasteiger partial charge in [-0.2, -0.15) is 0 Å². The lowest BCUT2D eigenvalue weighted by Crippen LogP contribution is -2.61. The number of carbonyl (C=O) groups is 3. The fourth-order valence-corrected chi connectivity index (χ4v) is 5.61. The lowest BCUT2D eigenvalue weighted by Gasteiger charge is -2.56. The van der Waals surface area contributed by atoms with Crippen molar-refractivity contribution in [3.05, 3.63) is 0 Å². The Morgan fingerprint density at radius 3 is 2.07 bits per heavy atom. The van der Waals surface area contributed by atoms with E-state index in [1.807, 2.05) is 20.8 Å². The van der Waals surface area contributed by atoms with Crippen LogP contribution in [0.4, 0.5) is 4.79 Å². The molecule has 4 saturated carbocycles. The van der Waals surface area contributed by atoms with Crippen LogP contribution < -0.4 is 16.0 Å². The Bertz CT molecular complexity index is 590. The van der Waals surface area contributed by atoms with Crippen molar-refractivity contribution in [2.45, 2.75) is 89.8 Å². The van der Waals surface area contributed by atoms with Crippen LogP contribution in [-0.4, -0.2) is 41.6 Å². The van der Waals surface area contributed by atoms with E-state index in [9.17, 15) is 14.4 Å². The van der Waals surface area contributed by atoms with E-state index in [4.69, 9.17) is 4.74 Å². The standard InChI is InChI=1S/C21H35N3O4/c1-13(18(26)23-20(2,3)4)28-17(25)5-6-22-19(27)24-21-10-14-7-15(11-21)9-16(8-14)12-21/h13-16H,5-12H2,1-4H3,(H,23,26)(H2,22,24,27). The van der Waals surface area contributed by atoms with Crippen molar-refractivity contribution in [2.75, 3.05) is 6.54 Å². The fourth-order valence-electron chi connectivity index (χ4n) is 5.61. The highest BCUT2D eigenvalue weighted by molar-refractivity contribution is 5.84. The Kier molecular flexibility index (Phi) is 5.92. The van der Waals surface area contributed by atoms with Crippen LogP contribution in [0.15, 0.2) is 0 Å². The summed E-state index contributed by atoms with van der Waals surface area (Å²) in [6.45, 7) is 7.35. The van der Waals surface area contributed by atoms with Crippen LogP contribution in [0.2, 0.25) is 0 Å². The van der Waals surface area contributed by atoms with Crippen molar-refractivity contribution in [3.63, 3.8) is 0 Å². The number of rotatable bonds is 6. The normalized spacial score (nSPS) is 31.8. The molecule has 1 unspecified atom stereocenters. The fraction of sp³-hybridized carbons (Fsp3) is 0.857. The molecule has 0 aromatic carbocycles. The number of hydrogen-bond acceptors (Lipinski definition) is 4. The highest BCUT2D eigenvalue weighted by Crippen LogP contribution is 2.55. The summed E-state index contributed by atoms with van der Waals surface area (Å²) in [6, 6.07) is -0.201. The molecule has 3 N–H and O–H groups in total. The first kappa shape index (κ1) is 20.9. The molecule has 7 heteroatoms. The van der Waals surface area contributed by atoms with E-state index in [0.717, 1.165) is 37.0 Å². The molecule has 4 rings (SSSR count). The van der Waals surface area contributed by atoms with Gasteiger partial charge in [0.2, 0.25) is 0 Å². The number of carbonyl (C=O) groups excluding carboxylic acids is 3. The smallest absolute Gasteiger partial charge is 0.315 e. The Labute approximate surface area is 167 Å². The lowest BCUT2D eigenvalue weighted by atomic mass is 9.53. The first-order valence-electron chi connectivity index (χ1n) is 10.6. The van der Waals surface area contributed by atoms with Crippen LogP contribution in [0.3, 0.4) is 0 Å². The van der Waals surface area contributed by atoms with Gasteiger partial charge in [-0.05, 0) is 84.0 Å². The molecule has 28 heavy (non-hydrogen) atoms. The third-order valence-electron chi connectivity index (χ3n) is 6.21. The molecule has 0 radical (unpaired) electrons. The molecular formula is C21H35N3O4. The van der Waals surface area contributed by atoms with Crippen LogP contribution in [-0.2, 0) is 14.3 Å². The van der Waals surface area contributed by atoms with E-state index in [0.29, 0.717) is 0 Å². The summed E-state index contributed by atoms with van der Waals surface area (Å²) in [4.78, 5) is 36.3. The summed E-state index contributed by atoms with van der Waals surface area (Å²) < 4.78 is 5.15. The van der Waals surface area contributed by atoms with Crippen LogP contribution in [0.1, 0.15) is 72.6 Å². The van der Waals surface area contributed by atoms with Gasteiger partial charge in [-0.1, -0.05) is 0 Å². The average Bonchev–Trinajstić information content (AvgIpc) is 2.51. The van der Waals surface area contributed by atoms with Crippen LogP contribution >= 0.6 is 0 Å². The summed E-state index contributed by atoms with van der Waals surface area (Å²) in [6.07, 6.45) is 6.45. The van der Waals surface area contributed by atoms with Crippen molar-refractivity contribution < 1.29 is 19.1 Å². The first-order chi connectivity index (χ1) is 13.0. The maximum Gasteiger partial charge on any atom is 0.315 e. The number of nitrogens with one attached hydrogen (secondary N) is 3. The van der Waals surface area contributed by atoms with E-state index in [1.54, 1.807) is 6.92 Å². The number of amides is 3. The molecular weight excluding hydrogens is 358 g/mol. The molecule has 1 atom stereocenters. The van der Waals surface area contributed by atoms with Gasteiger partial charge in [0.05, 0.1) is 6.42 Å². The number of hydrogen-bond donors (Lipinski definition) is 3. The van der Waals surface area contributed by atoms with Crippen molar-refractivity contribution in [2.24, 2.45) is 17.8 Å². The molecule has 4 bridgehead atoms. The highest BCUT2D eigenvalue weighted by Gasteiger charge is 2.51. The van der Waals surface area contributed by atoms with Gasteiger partial charge in [-0.25, -0.2) is 4.79 Å². The van der Waals surface area contributed by atoms with E-state index >= 15 is 0 Å². The van der Waals surface area contributed by atoms with Gasteiger partial charge in [0.1, 0.15) is 0 Å². The monoisotopic (exact) mass is 393 g/mol. The van der Waals surface area contributed by atoms with Gasteiger partial charge in [0.25, 0.3) is 5.91 Å². The maximum absolute atomic E-state index is 12.4. The largest absolute Gasteiger partial charge is 0.452 e. The molecule has 4 aliphatic rings. The predicted octanol–water partition coefficient (Wildman–Crippen LogP) is 2.49. The Morgan fingerprint density at radius 2 is 1.57 bits per heavy atom. The van der Waals surface area contributed by atoms with E-state index in [-0.39, 0.29) is 36.0 Å². The Balaban J connectivity index is 1.36. The zero-order valence-electron chi connectivity index (χ0n) is 17.6. The molecule has 3 amide bonds. The quantitative estimate of drug-likeness (QED) is 0.604. The van der Waals surface area contributed by atoms with Crippen molar-refractivity contribution in [1.29, 1.82) is 0 Å². The number of ether oxygens (including phenoxy) is 1.